The molecule has 0 aliphatic rings. The van der Waals surface area contributed by atoms with Crippen LogP contribution in [0.5, 0.6) is 0 Å². The van der Waals surface area contributed by atoms with Gasteiger partial charge < -0.3 is 9.47 Å². The number of carbonyl (C=O) groups excluding carboxylic acids is 2. The van der Waals surface area contributed by atoms with Crippen molar-refractivity contribution in [2.75, 3.05) is 0 Å². The van der Waals surface area contributed by atoms with Crippen LogP contribution < -0.4 is 0 Å². The molecule has 0 bridgehead atoms. The van der Waals surface area contributed by atoms with E-state index in [0.29, 0.717) is 12.8 Å². The zero-order chi connectivity index (χ0) is 11.2. The normalized spacial score (nSPS) is 10.9. The van der Waals surface area contributed by atoms with E-state index < -0.39 is 17.7 Å². The van der Waals surface area contributed by atoms with E-state index in [9.17, 15) is 9.59 Å². The van der Waals surface area contributed by atoms with Gasteiger partial charge in [0, 0.05) is 26.7 Å². The second kappa shape index (κ2) is 5.62. The molecule has 0 heterocycles. The maximum absolute atomic E-state index is 10.9. The zero-order valence-electron chi connectivity index (χ0n) is 9.25. The Labute approximate surface area is 84.6 Å². The van der Waals surface area contributed by atoms with Crippen molar-refractivity contribution in [1.29, 1.82) is 0 Å². The van der Waals surface area contributed by atoms with Gasteiger partial charge in [-0.3, -0.25) is 9.59 Å². The first-order chi connectivity index (χ1) is 6.45. The van der Waals surface area contributed by atoms with Crippen molar-refractivity contribution in [2.45, 2.75) is 52.7 Å². The van der Waals surface area contributed by atoms with E-state index >= 15 is 0 Å². The first-order valence-corrected chi connectivity index (χ1v) is 4.85. The topological polar surface area (TPSA) is 52.6 Å². The molecule has 0 aromatic heterocycles. The lowest BCUT2D eigenvalue weighted by Gasteiger charge is -2.30. The number of esters is 2. The highest BCUT2D eigenvalue weighted by Crippen LogP contribution is 2.24. The molecule has 0 radical (unpaired) electrons. The third-order valence-electron chi connectivity index (χ3n) is 1.83. The predicted octanol–water partition coefficient (Wildman–Crippen LogP) is 2.02. The van der Waals surface area contributed by atoms with Crippen LogP contribution in [0.4, 0.5) is 0 Å². The second-order valence-electron chi connectivity index (χ2n) is 3.20. The van der Waals surface area contributed by atoms with Gasteiger partial charge in [-0.05, 0) is 6.42 Å². The molecule has 0 saturated carbocycles. The van der Waals surface area contributed by atoms with Crippen LogP contribution in [-0.2, 0) is 19.1 Å². The molecule has 4 heteroatoms. The van der Waals surface area contributed by atoms with E-state index in [-0.39, 0.29) is 0 Å². The maximum atomic E-state index is 10.9. The van der Waals surface area contributed by atoms with Gasteiger partial charge in [-0.25, -0.2) is 0 Å². The molecule has 4 nitrogen and oxygen atoms in total. The molecule has 0 atom stereocenters. The quantitative estimate of drug-likeness (QED) is 0.505. The van der Waals surface area contributed by atoms with E-state index in [1.54, 1.807) is 0 Å². The van der Waals surface area contributed by atoms with Gasteiger partial charge in [-0.15, -0.1) is 0 Å². The van der Waals surface area contributed by atoms with Gasteiger partial charge in [0.25, 0.3) is 5.79 Å². The Morgan fingerprint density at radius 1 is 1.07 bits per heavy atom. The van der Waals surface area contributed by atoms with Crippen molar-refractivity contribution in [3.8, 4) is 0 Å². The van der Waals surface area contributed by atoms with Crippen LogP contribution in [0.15, 0.2) is 0 Å². The number of hydrogen-bond acceptors (Lipinski definition) is 4. The van der Waals surface area contributed by atoms with Crippen LogP contribution in [0, 0.1) is 0 Å². The van der Waals surface area contributed by atoms with Crippen LogP contribution in [0.3, 0.4) is 0 Å². The molecular formula is C10H18O4. The summed E-state index contributed by atoms with van der Waals surface area (Å²) < 4.78 is 10.1. The Bertz CT molecular complexity index is 194. The first kappa shape index (κ1) is 12.9. The molecule has 14 heavy (non-hydrogen) atoms. The fourth-order valence-corrected chi connectivity index (χ4v) is 1.35. The summed E-state index contributed by atoms with van der Waals surface area (Å²) >= 11 is 0. The Morgan fingerprint density at radius 3 is 1.71 bits per heavy atom. The van der Waals surface area contributed by atoms with Gasteiger partial charge in [-0.2, -0.15) is 0 Å². The van der Waals surface area contributed by atoms with E-state index in [4.69, 9.17) is 9.47 Å². The molecule has 0 N–H and O–H groups in total. The molecule has 0 fully saturated rings. The van der Waals surface area contributed by atoms with Crippen LogP contribution in [-0.4, -0.2) is 17.7 Å². The van der Waals surface area contributed by atoms with Gasteiger partial charge in [0.15, 0.2) is 0 Å². The van der Waals surface area contributed by atoms with E-state index in [1.807, 2.05) is 13.8 Å². The molecule has 0 aliphatic carbocycles. The SMILES string of the molecule is CCCC(CC)(OC(C)=O)OC(C)=O. The van der Waals surface area contributed by atoms with Crippen LogP contribution in [0.25, 0.3) is 0 Å². The first-order valence-electron chi connectivity index (χ1n) is 4.85. The Kier molecular flexibility index (Phi) is 5.20. The minimum Gasteiger partial charge on any atom is -0.423 e. The van der Waals surface area contributed by atoms with Gasteiger partial charge in [0.05, 0.1) is 0 Å². The second-order valence-corrected chi connectivity index (χ2v) is 3.20. The molecule has 0 saturated heterocycles. The predicted molar refractivity (Wildman–Crippen MR) is 51.5 cm³/mol. The molecule has 82 valence electrons. The average Bonchev–Trinajstić information content (AvgIpc) is 2.02. The molecule has 0 aromatic carbocycles. The van der Waals surface area contributed by atoms with E-state index in [2.05, 4.69) is 0 Å². The molecule has 0 unspecified atom stereocenters. The Morgan fingerprint density at radius 2 is 1.50 bits per heavy atom. The summed E-state index contributed by atoms with van der Waals surface area (Å²) in [6.07, 6.45) is 1.79. The van der Waals surface area contributed by atoms with Crippen molar-refractivity contribution >= 4 is 11.9 Å². The van der Waals surface area contributed by atoms with Gasteiger partial charge >= 0.3 is 11.9 Å². The van der Waals surface area contributed by atoms with Crippen LogP contribution in [0.2, 0.25) is 0 Å². The third kappa shape index (κ3) is 4.25. The fraction of sp³-hybridized carbons (Fsp3) is 0.800. The molecule has 0 rings (SSSR count). The summed E-state index contributed by atoms with van der Waals surface area (Å²) in [5, 5.41) is 0. The highest BCUT2D eigenvalue weighted by Gasteiger charge is 2.33. The summed E-state index contributed by atoms with van der Waals surface area (Å²) in [4.78, 5) is 21.7. The lowest BCUT2D eigenvalue weighted by Crippen LogP contribution is -2.38. The monoisotopic (exact) mass is 202 g/mol. The molecular weight excluding hydrogens is 184 g/mol. The fourth-order valence-electron chi connectivity index (χ4n) is 1.35. The number of hydrogen-bond donors (Lipinski definition) is 0. The van der Waals surface area contributed by atoms with Crippen molar-refractivity contribution in [3.63, 3.8) is 0 Å². The summed E-state index contributed by atoms with van der Waals surface area (Å²) in [7, 11) is 0. The van der Waals surface area contributed by atoms with Gasteiger partial charge in [0.2, 0.25) is 0 Å². The third-order valence-corrected chi connectivity index (χ3v) is 1.83. The lowest BCUT2D eigenvalue weighted by molar-refractivity contribution is -0.229. The molecule has 0 amide bonds. The van der Waals surface area contributed by atoms with Crippen molar-refractivity contribution in [1.82, 2.24) is 0 Å². The average molecular weight is 202 g/mol. The van der Waals surface area contributed by atoms with Crippen LogP contribution in [0.1, 0.15) is 47.0 Å². The molecule has 0 spiro atoms. The lowest BCUT2D eigenvalue weighted by atomic mass is 10.1. The largest absolute Gasteiger partial charge is 0.423 e. The van der Waals surface area contributed by atoms with Gasteiger partial charge in [0.1, 0.15) is 0 Å². The van der Waals surface area contributed by atoms with E-state index in [0.717, 1.165) is 6.42 Å². The van der Waals surface area contributed by atoms with Crippen molar-refractivity contribution in [3.05, 3.63) is 0 Å². The summed E-state index contributed by atoms with van der Waals surface area (Å²) in [6.45, 7) is 6.38. The standard InChI is InChI=1S/C10H18O4/c1-5-7-10(6-2,13-8(3)11)14-9(4)12/h5-7H2,1-4H3. The molecule has 0 aromatic rings. The van der Waals surface area contributed by atoms with Gasteiger partial charge in [-0.1, -0.05) is 13.8 Å². The van der Waals surface area contributed by atoms with Crippen molar-refractivity contribution in [2.24, 2.45) is 0 Å². The van der Waals surface area contributed by atoms with Crippen LogP contribution >= 0.6 is 0 Å². The van der Waals surface area contributed by atoms with Crippen molar-refractivity contribution < 1.29 is 19.1 Å². The zero-order valence-corrected chi connectivity index (χ0v) is 9.25. The van der Waals surface area contributed by atoms with E-state index in [1.165, 1.54) is 13.8 Å². The summed E-state index contributed by atoms with van der Waals surface area (Å²) in [5.41, 5.74) is 0. The Balaban J connectivity index is 4.58. The number of rotatable bonds is 5. The Hall–Kier alpha value is -1.06. The highest BCUT2D eigenvalue weighted by atomic mass is 16.7. The number of ether oxygens (including phenoxy) is 2. The maximum Gasteiger partial charge on any atom is 0.305 e. The molecule has 0 aliphatic heterocycles. The summed E-state index contributed by atoms with van der Waals surface area (Å²) in [5.74, 6) is -1.92. The summed E-state index contributed by atoms with van der Waals surface area (Å²) in [6, 6.07) is 0. The minimum absolute atomic E-state index is 0.429. The smallest absolute Gasteiger partial charge is 0.305 e. The highest BCUT2D eigenvalue weighted by molar-refractivity contribution is 5.68. The minimum atomic E-state index is -1.06. The number of carbonyl (C=O) groups is 2.